The van der Waals surface area contributed by atoms with Crippen molar-refractivity contribution in [3.05, 3.63) is 28.2 Å². The van der Waals surface area contributed by atoms with Crippen molar-refractivity contribution in [2.45, 2.75) is 38.5 Å². The zero-order valence-electron chi connectivity index (χ0n) is 13.6. The van der Waals surface area contributed by atoms with E-state index in [9.17, 15) is 4.79 Å². The number of carbonyl (C=O) groups is 1. The Morgan fingerprint density at radius 3 is 2.39 bits per heavy atom. The Morgan fingerprint density at radius 1 is 1.22 bits per heavy atom. The monoisotopic (exact) mass is 377 g/mol. The molecule has 0 radical (unpaired) electrons. The van der Waals surface area contributed by atoms with Gasteiger partial charge in [-0.25, -0.2) is 0 Å². The fourth-order valence-electron chi connectivity index (χ4n) is 5.67. The van der Waals surface area contributed by atoms with E-state index in [-0.39, 0.29) is 5.91 Å². The molecule has 0 spiro atoms. The quantitative estimate of drug-likeness (QED) is 0.843. The highest BCUT2D eigenvalue weighted by molar-refractivity contribution is 9.10. The van der Waals surface area contributed by atoms with Gasteiger partial charge in [0.15, 0.2) is 0 Å². The number of hydrogen-bond acceptors (Lipinski definition) is 2. The van der Waals surface area contributed by atoms with Gasteiger partial charge in [-0.15, -0.1) is 0 Å². The molecular weight excluding hydrogens is 354 g/mol. The van der Waals surface area contributed by atoms with E-state index in [0.717, 1.165) is 28.8 Å². The second-order valence-corrected chi connectivity index (χ2v) is 8.80. The third-order valence-electron chi connectivity index (χ3n) is 6.21. The van der Waals surface area contributed by atoms with Crippen LogP contribution in [-0.2, 0) is 0 Å². The average molecular weight is 378 g/mol. The lowest BCUT2D eigenvalue weighted by molar-refractivity contribution is -0.0503. The lowest BCUT2D eigenvalue weighted by Crippen LogP contribution is -2.51. The summed E-state index contributed by atoms with van der Waals surface area (Å²) in [6.45, 7) is 0.832. The summed E-state index contributed by atoms with van der Waals surface area (Å²) < 4.78 is 6.06. The molecule has 4 fully saturated rings. The second kappa shape index (κ2) is 5.80. The van der Waals surface area contributed by atoms with Gasteiger partial charge < -0.3 is 10.1 Å². The van der Waals surface area contributed by atoms with Crippen molar-refractivity contribution in [1.82, 2.24) is 5.32 Å². The van der Waals surface area contributed by atoms with Gasteiger partial charge in [0.1, 0.15) is 5.75 Å². The van der Waals surface area contributed by atoms with Crippen LogP contribution in [0.25, 0.3) is 0 Å². The topological polar surface area (TPSA) is 38.3 Å². The van der Waals surface area contributed by atoms with Gasteiger partial charge in [-0.1, -0.05) is 0 Å². The van der Waals surface area contributed by atoms with Gasteiger partial charge >= 0.3 is 0 Å². The summed E-state index contributed by atoms with van der Waals surface area (Å²) >= 11 is 3.48. The minimum atomic E-state index is 0.00604. The Labute approximate surface area is 146 Å². The lowest BCUT2D eigenvalue weighted by atomic mass is 9.49. The van der Waals surface area contributed by atoms with Crippen LogP contribution in [0.1, 0.15) is 48.9 Å². The molecule has 4 heteroatoms. The molecule has 0 aromatic heterocycles. The highest BCUT2D eigenvalue weighted by Crippen LogP contribution is 2.59. The van der Waals surface area contributed by atoms with Crippen LogP contribution in [0.5, 0.6) is 5.75 Å². The van der Waals surface area contributed by atoms with Gasteiger partial charge in [-0.2, -0.15) is 0 Å². The molecule has 1 N–H and O–H groups in total. The summed E-state index contributed by atoms with van der Waals surface area (Å²) in [7, 11) is 1.63. The molecule has 0 heterocycles. The maximum atomic E-state index is 12.6. The Bertz CT molecular complexity index is 593. The van der Waals surface area contributed by atoms with E-state index < -0.39 is 0 Å². The van der Waals surface area contributed by atoms with E-state index in [4.69, 9.17) is 4.74 Å². The van der Waals surface area contributed by atoms with Gasteiger partial charge in [0.05, 0.1) is 12.7 Å². The highest BCUT2D eigenvalue weighted by Gasteiger charge is 2.50. The zero-order chi connectivity index (χ0) is 16.0. The molecule has 5 rings (SSSR count). The molecule has 0 atom stereocenters. The average Bonchev–Trinajstić information content (AvgIpc) is 2.52. The van der Waals surface area contributed by atoms with E-state index >= 15 is 0 Å². The van der Waals surface area contributed by atoms with Gasteiger partial charge in [0.25, 0.3) is 5.91 Å². The van der Waals surface area contributed by atoms with E-state index in [1.807, 2.05) is 12.1 Å². The van der Waals surface area contributed by atoms with E-state index in [1.54, 1.807) is 13.2 Å². The first-order valence-corrected chi connectivity index (χ1v) is 9.48. The summed E-state index contributed by atoms with van der Waals surface area (Å²) in [4.78, 5) is 12.6. The number of hydrogen-bond donors (Lipinski definition) is 1. The van der Waals surface area contributed by atoms with E-state index in [0.29, 0.717) is 16.7 Å². The molecule has 1 aromatic carbocycles. The van der Waals surface area contributed by atoms with Crippen LogP contribution < -0.4 is 10.1 Å². The van der Waals surface area contributed by atoms with Crippen molar-refractivity contribution in [2.24, 2.45) is 23.2 Å². The number of methoxy groups -OCH3 is 1. The summed E-state index contributed by atoms with van der Waals surface area (Å²) in [6, 6.07) is 5.54. The lowest BCUT2D eigenvalue weighted by Gasteiger charge is -2.56. The number of amides is 1. The second-order valence-electron chi connectivity index (χ2n) is 7.95. The van der Waals surface area contributed by atoms with Crippen LogP contribution in [0.15, 0.2) is 22.7 Å². The number of halogens is 1. The van der Waals surface area contributed by atoms with Crippen molar-refractivity contribution < 1.29 is 9.53 Å². The molecule has 1 amide bonds. The fraction of sp³-hybridized carbons (Fsp3) is 0.632. The molecule has 0 unspecified atom stereocenters. The number of benzene rings is 1. The first-order chi connectivity index (χ1) is 11.1. The fourth-order valence-corrected chi connectivity index (χ4v) is 6.10. The molecule has 4 aliphatic carbocycles. The number of rotatable bonds is 4. The van der Waals surface area contributed by atoms with Crippen LogP contribution in [0.2, 0.25) is 0 Å². The van der Waals surface area contributed by atoms with Crippen molar-refractivity contribution in [3.63, 3.8) is 0 Å². The Kier molecular flexibility index (Phi) is 3.91. The van der Waals surface area contributed by atoms with Crippen molar-refractivity contribution in [1.29, 1.82) is 0 Å². The van der Waals surface area contributed by atoms with Crippen LogP contribution in [0.4, 0.5) is 0 Å². The predicted octanol–water partition coefficient (Wildman–Crippen LogP) is 4.40. The minimum Gasteiger partial charge on any atom is -0.497 e. The van der Waals surface area contributed by atoms with Gasteiger partial charge in [0.2, 0.25) is 0 Å². The third kappa shape index (κ3) is 2.90. The molecule has 3 nitrogen and oxygen atoms in total. The van der Waals surface area contributed by atoms with Crippen molar-refractivity contribution >= 4 is 21.8 Å². The molecule has 0 aliphatic heterocycles. The summed E-state index contributed by atoms with van der Waals surface area (Å²) in [5, 5.41) is 3.22. The van der Waals surface area contributed by atoms with Gasteiger partial charge in [-0.3, -0.25) is 4.79 Å². The molecular formula is C19H24BrNO2. The summed E-state index contributed by atoms with van der Waals surface area (Å²) in [6.07, 6.45) is 8.27. The third-order valence-corrected chi connectivity index (χ3v) is 6.90. The standard InChI is InChI=1S/C19H24BrNO2/c1-23-15-2-3-17(20)16(7-15)18(22)21-11-19-8-12-4-13(9-19)6-14(5-12)10-19/h2-3,7,12-14H,4-6,8-11H2,1H3,(H,21,22). The molecule has 4 bridgehead atoms. The summed E-state index contributed by atoms with van der Waals surface area (Å²) in [5.74, 6) is 3.48. The zero-order valence-corrected chi connectivity index (χ0v) is 15.2. The normalized spacial score (nSPS) is 34.4. The van der Waals surface area contributed by atoms with Crippen molar-refractivity contribution in [3.8, 4) is 5.75 Å². The first-order valence-electron chi connectivity index (χ1n) is 8.69. The highest BCUT2D eigenvalue weighted by atomic mass is 79.9. The Morgan fingerprint density at radius 2 is 1.83 bits per heavy atom. The van der Waals surface area contributed by atoms with Crippen LogP contribution in [0.3, 0.4) is 0 Å². The maximum absolute atomic E-state index is 12.6. The molecule has 124 valence electrons. The van der Waals surface area contributed by atoms with E-state index in [1.165, 1.54) is 38.5 Å². The number of nitrogens with one attached hydrogen (secondary N) is 1. The van der Waals surface area contributed by atoms with E-state index in [2.05, 4.69) is 21.2 Å². The summed E-state index contributed by atoms with van der Waals surface area (Å²) in [5.41, 5.74) is 1.03. The van der Waals surface area contributed by atoms with Gasteiger partial charge in [-0.05, 0) is 95.8 Å². The van der Waals surface area contributed by atoms with Crippen LogP contribution in [-0.4, -0.2) is 19.6 Å². The number of ether oxygens (including phenoxy) is 1. The Balaban J connectivity index is 1.46. The predicted molar refractivity (Wildman–Crippen MR) is 93.6 cm³/mol. The minimum absolute atomic E-state index is 0.00604. The smallest absolute Gasteiger partial charge is 0.252 e. The SMILES string of the molecule is COc1ccc(Br)c(C(=O)NCC23CC4CC(CC(C4)C2)C3)c1. The van der Waals surface area contributed by atoms with Crippen LogP contribution >= 0.6 is 15.9 Å². The van der Waals surface area contributed by atoms with Crippen molar-refractivity contribution in [2.75, 3.05) is 13.7 Å². The molecule has 0 saturated heterocycles. The first kappa shape index (κ1) is 15.5. The Hall–Kier alpha value is -1.03. The largest absolute Gasteiger partial charge is 0.497 e. The van der Waals surface area contributed by atoms with Crippen LogP contribution in [0, 0.1) is 23.2 Å². The molecule has 4 saturated carbocycles. The molecule has 1 aromatic rings. The maximum Gasteiger partial charge on any atom is 0.252 e. The molecule has 4 aliphatic rings. The number of carbonyl (C=O) groups excluding carboxylic acids is 1. The van der Waals surface area contributed by atoms with Gasteiger partial charge in [0, 0.05) is 11.0 Å². The molecule has 23 heavy (non-hydrogen) atoms.